The van der Waals surface area contributed by atoms with Crippen molar-refractivity contribution in [2.75, 3.05) is 20.7 Å². The molecule has 5 atom stereocenters. The molecule has 4 rings (SSSR count). The van der Waals surface area contributed by atoms with E-state index in [4.69, 9.17) is 9.47 Å². The van der Waals surface area contributed by atoms with Crippen molar-refractivity contribution in [2.45, 2.75) is 50.4 Å². The van der Waals surface area contributed by atoms with Crippen LogP contribution in [0.2, 0.25) is 0 Å². The van der Waals surface area contributed by atoms with Gasteiger partial charge in [0.05, 0.1) is 13.2 Å². The zero-order chi connectivity index (χ0) is 15.4. The summed E-state index contributed by atoms with van der Waals surface area (Å²) >= 11 is 0. The topological polar surface area (TPSA) is 41.9 Å². The number of methoxy groups -OCH3 is 1. The van der Waals surface area contributed by atoms with Crippen LogP contribution in [0.4, 0.5) is 0 Å². The van der Waals surface area contributed by atoms with Gasteiger partial charge in [-0.3, -0.25) is 0 Å². The highest BCUT2D eigenvalue weighted by atomic mass is 16.5. The fraction of sp³-hybridized carbons (Fsp3) is 0.667. The molecule has 1 heterocycles. The molecule has 1 aromatic carbocycles. The normalized spacial score (nSPS) is 35.2. The summed E-state index contributed by atoms with van der Waals surface area (Å²) in [4.78, 5) is 2.46. The lowest BCUT2D eigenvalue weighted by Gasteiger charge is -2.46. The van der Waals surface area contributed by atoms with Crippen LogP contribution in [0.3, 0.4) is 0 Å². The molecule has 2 unspecified atom stereocenters. The second kappa shape index (κ2) is 5.14. The van der Waals surface area contributed by atoms with Gasteiger partial charge in [-0.1, -0.05) is 13.0 Å². The molecule has 1 aliphatic heterocycles. The van der Waals surface area contributed by atoms with Gasteiger partial charge in [0.15, 0.2) is 11.5 Å². The molecule has 4 nitrogen and oxygen atoms in total. The maximum absolute atomic E-state index is 10.5. The quantitative estimate of drug-likeness (QED) is 0.929. The van der Waals surface area contributed by atoms with Gasteiger partial charge >= 0.3 is 0 Å². The maximum atomic E-state index is 10.5. The Bertz CT molecular complexity index is 588. The summed E-state index contributed by atoms with van der Waals surface area (Å²) in [6.07, 6.45) is 2.53. The molecule has 1 aromatic rings. The van der Waals surface area contributed by atoms with E-state index in [0.29, 0.717) is 17.9 Å². The largest absolute Gasteiger partial charge is 0.493 e. The first kappa shape index (κ1) is 14.3. The van der Waals surface area contributed by atoms with Crippen molar-refractivity contribution < 1.29 is 14.6 Å². The Kier molecular flexibility index (Phi) is 3.35. The number of aliphatic hydroxyl groups excluding tert-OH is 1. The summed E-state index contributed by atoms with van der Waals surface area (Å²) in [5, 5.41) is 10.5. The number of hydrogen-bond donors (Lipinski definition) is 1. The van der Waals surface area contributed by atoms with Crippen molar-refractivity contribution in [1.29, 1.82) is 0 Å². The highest BCUT2D eigenvalue weighted by molar-refractivity contribution is 5.57. The van der Waals surface area contributed by atoms with Crippen molar-refractivity contribution in [3.05, 3.63) is 23.3 Å². The molecule has 2 aliphatic carbocycles. The van der Waals surface area contributed by atoms with E-state index in [2.05, 4.69) is 24.9 Å². The van der Waals surface area contributed by atoms with E-state index < -0.39 is 0 Å². The van der Waals surface area contributed by atoms with Gasteiger partial charge < -0.3 is 19.5 Å². The molecule has 1 saturated carbocycles. The van der Waals surface area contributed by atoms with E-state index in [9.17, 15) is 5.11 Å². The van der Waals surface area contributed by atoms with Crippen molar-refractivity contribution >= 4 is 0 Å². The molecular weight excluding hydrogens is 278 g/mol. The summed E-state index contributed by atoms with van der Waals surface area (Å²) < 4.78 is 11.7. The highest BCUT2D eigenvalue weighted by Gasteiger charge is 2.53. The van der Waals surface area contributed by atoms with Crippen molar-refractivity contribution in [1.82, 2.24) is 4.90 Å². The molecule has 0 amide bonds. The lowest BCUT2D eigenvalue weighted by atomic mass is 9.64. The lowest BCUT2D eigenvalue weighted by molar-refractivity contribution is -0.0296. The molecular formula is C18H25NO3. The first-order valence-electron chi connectivity index (χ1n) is 8.40. The van der Waals surface area contributed by atoms with Gasteiger partial charge in [-0.2, -0.15) is 0 Å². The van der Waals surface area contributed by atoms with Gasteiger partial charge in [0.1, 0.15) is 6.10 Å². The minimum Gasteiger partial charge on any atom is -0.493 e. The van der Waals surface area contributed by atoms with Crippen LogP contribution in [-0.4, -0.2) is 49.0 Å². The molecule has 0 radical (unpaired) electrons. The van der Waals surface area contributed by atoms with Gasteiger partial charge in [-0.05, 0) is 50.4 Å². The minimum absolute atomic E-state index is 0.100. The first-order valence-corrected chi connectivity index (χ1v) is 8.40. The van der Waals surface area contributed by atoms with Gasteiger partial charge in [-0.15, -0.1) is 0 Å². The molecule has 22 heavy (non-hydrogen) atoms. The number of ether oxygens (including phenoxy) is 2. The third-order valence-corrected chi connectivity index (χ3v) is 6.04. The molecule has 3 aliphatic rings. The predicted molar refractivity (Wildman–Crippen MR) is 84.7 cm³/mol. The maximum Gasteiger partial charge on any atom is 0.165 e. The minimum atomic E-state index is -0.364. The standard InChI is InChI=1S/C18H25NO3/c1-4-19(2)12-9-10-5-8-14(21-3)18-15(10)16-11(12)6-7-13(20)17(16)22-18/h5,8,11-13,16-17,20H,4,6-7,9H2,1-3H3/t11?,12-,13-,16?,17+/m0/s1. The van der Waals surface area contributed by atoms with E-state index in [0.717, 1.165) is 37.3 Å². The molecule has 0 saturated heterocycles. The molecule has 120 valence electrons. The third kappa shape index (κ3) is 1.83. The van der Waals surface area contributed by atoms with Crippen molar-refractivity contribution in [2.24, 2.45) is 5.92 Å². The average molecular weight is 303 g/mol. The average Bonchev–Trinajstić information content (AvgIpc) is 2.95. The Morgan fingerprint density at radius 2 is 2.18 bits per heavy atom. The van der Waals surface area contributed by atoms with E-state index in [1.807, 2.05) is 6.07 Å². The fourth-order valence-corrected chi connectivity index (χ4v) is 4.83. The van der Waals surface area contributed by atoms with Gasteiger partial charge in [0.25, 0.3) is 0 Å². The van der Waals surface area contributed by atoms with E-state index in [-0.39, 0.29) is 12.2 Å². The summed E-state index contributed by atoms with van der Waals surface area (Å²) in [6.45, 7) is 3.27. The summed E-state index contributed by atoms with van der Waals surface area (Å²) in [5.74, 6) is 2.58. The first-order chi connectivity index (χ1) is 10.7. The monoisotopic (exact) mass is 303 g/mol. The fourth-order valence-electron chi connectivity index (χ4n) is 4.83. The van der Waals surface area contributed by atoms with Gasteiger partial charge in [0, 0.05) is 17.5 Å². The Morgan fingerprint density at radius 1 is 1.36 bits per heavy atom. The van der Waals surface area contributed by atoms with Crippen molar-refractivity contribution in [3.63, 3.8) is 0 Å². The Balaban J connectivity index is 1.84. The van der Waals surface area contributed by atoms with Crippen LogP contribution < -0.4 is 9.47 Å². The van der Waals surface area contributed by atoms with Crippen LogP contribution in [-0.2, 0) is 6.42 Å². The van der Waals surface area contributed by atoms with Crippen LogP contribution >= 0.6 is 0 Å². The second-order valence-electron chi connectivity index (χ2n) is 6.93. The SMILES string of the molecule is CCN(C)[C@H]1Cc2ccc(OC)c3c2C2C1CC[C@H](O)[C@H]2O3. The molecule has 1 fully saturated rings. The predicted octanol–water partition coefficient (Wildman–Crippen LogP) is 2.19. The van der Waals surface area contributed by atoms with Crippen LogP contribution in [0.1, 0.15) is 36.8 Å². The summed E-state index contributed by atoms with van der Waals surface area (Å²) in [5.41, 5.74) is 2.69. The number of likely N-dealkylation sites (N-methyl/N-ethyl adjacent to an activating group) is 1. The number of rotatable bonds is 3. The number of aliphatic hydroxyl groups is 1. The number of nitrogens with zero attached hydrogens (tertiary/aromatic N) is 1. The lowest BCUT2D eigenvalue weighted by Crippen LogP contribution is -2.51. The van der Waals surface area contributed by atoms with E-state index >= 15 is 0 Å². The van der Waals surface area contributed by atoms with E-state index in [1.165, 1.54) is 11.1 Å². The Morgan fingerprint density at radius 3 is 2.91 bits per heavy atom. The van der Waals surface area contributed by atoms with Crippen LogP contribution in [0.5, 0.6) is 11.5 Å². The Labute approximate surface area is 132 Å². The zero-order valence-electron chi connectivity index (χ0n) is 13.6. The van der Waals surface area contributed by atoms with Crippen molar-refractivity contribution in [3.8, 4) is 11.5 Å². The smallest absolute Gasteiger partial charge is 0.165 e. The second-order valence-corrected chi connectivity index (χ2v) is 6.93. The van der Waals surface area contributed by atoms with Gasteiger partial charge in [0.2, 0.25) is 0 Å². The summed E-state index contributed by atoms with van der Waals surface area (Å²) in [6, 6.07) is 4.75. The molecule has 4 heteroatoms. The zero-order valence-corrected chi connectivity index (χ0v) is 13.6. The molecule has 0 spiro atoms. The molecule has 1 N–H and O–H groups in total. The van der Waals surface area contributed by atoms with Gasteiger partial charge in [-0.25, -0.2) is 0 Å². The Hall–Kier alpha value is -1.26. The third-order valence-electron chi connectivity index (χ3n) is 6.04. The number of hydrogen-bond acceptors (Lipinski definition) is 4. The van der Waals surface area contributed by atoms with Crippen LogP contribution in [0.15, 0.2) is 12.1 Å². The molecule has 0 bridgehead atoms. The number of benzene rings is 1. The van der Waals surface area contributed by atoms with E-state index in [1.54, 1.807) is 7.11 Å². The van der Waals surface area contributed by atoms with Crippen LogP contribution in [0.25, 0.3) is 0 Å². The summed E-state index contributed by atoms with van der Waals surface area (Å²) in [7, 11) is 3.91. The van der Waals surface area contributed by atoms with Crippen LogP contribution in [0, 0.1) is 5.92 Å². The highest BCUT2D eigenvalue weighted by Crippen LogP contribution is 2.57. The molecule has 0 aromatic heterocycles.